The van der Waals surface area contributed by atoms with Crippen molar-refractivity contribution in [2.24, 2.45) is 9.98 Å². The Morgan fingerprint density at radius 1 is 1.31 bits per heavy atom. The predicted molar refractivity (Wildman–Crippen MR) is 59.7 cm³/mol. The minimum Gasteiger partial charge on any atom is -0.331 e. The van der Waals surface area contributed by atoms with Gasteiger partial charge < -0.3 is 4.90 Å². The number of guanidine groups is 1. The van der Waals surface area contributed by atoms with Crippen molar-refractivity contribution in [2.75, 3.05) is 19.6 Å². The molecule has 0 atom stereocenters. The monoisotopic (exact) mass is 214 g/mol. The molecule has 3 heterocycles. The molecule has 16 heavy (non-hydrogen) atoms. The molecule has 1 aromatic rings. The Morgan fingerprint density at radius 3 is 3.06 bits per heavy atom. The van der Waals surface area contributed by atoms with E-state index in [1.54, 1.807) is 12.3 Å². The lowest BCUT2D eigenvalue weighted by Crippen LogP contribution is -2.41. The Labute approximate surface area is 92.5 Å². The summed E-state index contributed by atoms with van der Waals surface area (Å²) < 4.78 is 0. The van der Waals surface area contributed by atoms with Gasteiger partial charge in [-0.05, 0) is 12.1 Å². The first-order chi connectivity index (χ1) is 7.84. The van der Waals surface area contributed by atoms with Crippen LogP contribution in [0.15, 0.2) is 34.4 Å². The number of ketones is 1. The number of nitrogens with zero attached hydrogens (tertiary/aromatic N) is 4. The van der Waals surface area contributed by atoms with Crippen molar-refractivity contribution in [3.8, 4) is 0 Å². The van der Waals surface area contributed by atoms with Crippen molar-refractivity contribution in [1.82, 2.24) is 9.88 Å². The van der Waals surface area contributed by atoms with E-state index in [4.69, 9.17) is 0 Å². The van der Waals surface area contributed by atoms with E-state index in [0.717, 1.165) is 13.1 Å². The summed E-state index contributed by atoms with van der Waals surface area (Å²) >= 11 is 0. The SMILES string of the molecule is O=C1CN2CCN=C2N=C1c1ccccn1. The molecule has 0 unspecified atom stereocenters. The number of pyridine rings is 1. The van der Waals surface area contributed by atoms with Crippen molar-refractivity contribution < 1.29 is 4.79 Å². The second-order valence-electron chi connectivity index (χ2n) is 3.70. The topological polar surface area (TPSA) is 57.9 Å². The van der Waals surface area contributed by atoms with Crippen LogP contribution in [0.1, 0.15) is 5.69 Å². The molecule has 1 aromatic heterocycles. The molecule has 80 valence electrons. The normalized spacial score (nSPS) is 19.2. The number of aliphatic imine (C=N–C) groups is 2. The average Bonchev–Trinajstić information content (AvgIpc) is 2.76. The molecule has 5 heteroatoms. The molecule has 2 aliphatic rings. The third-order valence-electron chi connectivity index (χ3n) is 2.62. The van der Waals surface area contributed by atoms with Gasteiger partial charge in [-0.1, -0.05) is 6.07 Å². The summed E-state index contributed by atoms with van der Waals surface area (Å²) in [5.41, 5.74) is 1.05. The van der Waals surface area contributed by atoms with Crippen LogP contribution >= 0.6 is 0 Å². The Morgan fingerprint density at radius 2 is 2.25 bits per heavy atom. The molecule has 0 saturated carbocycles. The first kappa shape index (κ1) is 9.21. The van der Waals surface area contributed by atoms with Gasteiger partial charge in [0.2, 0.25) is 11.7 Å². The van der Waals surface area contributed by atoms with Crippen LogP contribution in [0, 0.1) is 0 Å². The Hall–Kier alpha value is -2.04. The molecule has 0 aliphatic carbocycles. The van der Waals surface area contributed by atoms with Crippen molar-refractivity contribution in [1.29, 1.82) is 0 Å². The van der Waals surface area contributed by atoms with Gasteiger partial charge in [0.1, 0.15) is 5.71 Å². The van der Waals surface area contributed by atoms with E-state index in [1.807, 2.05) is 17.0 Å². The number of fused-ring (bicyclic) bond motifs is 1. The molecule has 0 aromatic carbocycles. The van der Waals surface area contributed by atoms with E-state index in [2.05, 4.69) is 15.0 Å². The molecular weight excluding hydrogens is 204 g/mol. The van der Waals surface area contributed by atoms with Crippen molar-refractivity contribution in [2.45, 2.75) is 0 Å². The first-order valence-electron chi connectivity index (χ1n) is 5.17. The third-order valence-corrected chi connectivity index (χ3v) is 2.62. The molecule has 0 spiro atoms. The van der Waals surface area contributed by atoms with Gasteiger partial charge in [0, 0.05) is 12.7 Å². The lowest BCUT2D eigenvalue weighted by atomic mass is 10.1. The van der Waals surface area contributed by atoms with Crippen molar-refractivity contribution in [3.63, 3.8) is 0 Å². The number of carbonyl (C=O) groups excluding carboxylic acids is 1. The summed E-state index contributed by atoms with van der Waals surface area (Å²) in [5, 5.41) is 0. The Kier molecular flexibility index (Phi) is 2.02. The molecule has 0 amide bonds. The van der Waals surface area contributed by atoms with E-state index in [9.17, 15) is 4.79 Å². The highest BCUT2D eigenvalue weighted by atomic mass is 16.1. The summed E-state index contributed by atoms with van der Waals surface area (Å²) in [7, 11) is 0. The number of hydrogen-bond donors (Lipinski definition) is 0. The molecule has 0 bridgehead atoms. The zero-order valence-corrected chi connectivity index (χ0v) is 8.63. The molecule has 0 N–H and O–H groups in total. The van der Waals surface area contributed by atoms with Crippen LogP contribution in [-0.4, -0.2) is 47.0 Å². The van der Waals surface area contributed by atoms with E-state index in [-0.39, 0.29) is 5.78 Å². The van der Waals surface area contributed by atoms with Crippen LogP contribution in [-0.2, 0) is 4.79 Å². The summed E-state index contributed by atoms with van der Waals surface area (Å²) in [5.74, 6) is 0.680. The Bertz CT molecular complexity index is 492. The van der Waals surface area contributed by atoms with E-state index in [1.165, 1.54) is 0 Å². The predicted octanol–water partition coefficient (Wildman–Crippen LogP) is 0.125. The number of carbonyl (C=O) groups is 1. The minimum absolute atomic E-state index is 0.0135. The lowest BCUT2D eigenvalue weighted by Gasteiger charge is -2.21. The number of rotatable bonds is 1. The maximum atomic E-state index is 11.9. The fourth-order valence-corrected chi connectivity index (χ4v) is 1.84. The van der Waals surface area contributed by atoms with Crippen LogP contribution in [0.4, 0.5) is 0 Å². The Balaban J connectivity index is 2.04. The van der Waals surface area contributed by atoms with Gasteiger partial charge >= 0.3 is 0 Å². The maximum Gasteiger partial charge on any atom is 0.221 e. The number of Topliss-reactive ketones (excluding diaryl/α,β-unsaturated/α-hetero) is 1. The zero-order valence-electron chi connectivity index (χ0n) is 8.63. The van der Waals surface area contributed by atoms with Gasteiger partial charge in [0.25, 0.3) is 0 Å². The van der Waals surface area contributed by atoms with E-state index < -0.39 is 0 Å². The van der Waals surface area contributed by atoms with Crippen molar-refractivity contribution in [3.05, 3.63) is 30.1 Å². The standard InChI is InChI=1S/C11H10N4O/c16-9-7-15-6-5-13-11(15)14-10(9)8-3-1-2-4-12-8/h1-4H,5-7H2. The van der Waals surface area contributed by atoms with Gasteiger partial charge in [0.15, 0.2) is 0 Å². The van der Waals surface area contributed by atoms with Gasteiger partial charge in [-0.3, -0.25) is 9.78 Å². The fourth-order valence-electron chi connectivity index (χ4n) is 1.84. The van der Waals surface area contributed by atoms with Gasteiger partial charge in [-0.25, -0.2) is 9.98 Å². The van der Waals surface area contributed by atoms with Gasteiger partial charge in [-0.2, -0.15) is 0 Å². The molecular formula is C11H10N4O. The van der Waals surface area contributed by atoms with Crippen LogP contribution in [0.3, 0.4) is 0 Å². The quantitative estimate of drug-likeness (QED) is 0.667. The van der Waals surface area contributed by atoms with Crippen LogP contribution in [0.5, 0.6) is 0 Å². The second kappa shape index (κ2) is 3.52. The fraction of sp³-hybridized carbons (Fsp3) is 0.273. The largest absolute Gasteiger partial charge is 0.331 e. The zero-order chi connectivity index (χ0) is 11.0. The first-order valence-corrected chi connectivity index (χ1v) is 5.17. The molecule has 0 fully saturated rings. The average molecular weight is 214 g/mol. The third kappa shape index (κ3) is 1.41. The van der Waals surface area contributed by atoms with E-state index >= 15 is 0 Å². The van der Waals surface area contributed by atoms with E-state index in [0.29, 0.717) is 23.9 Å². The molecule has 0 radical (unpaired) electrons. The second-order valence-corrected chi connectivity index (χ2v) is 3.70. The number of hydrogen-bond acceptors (Lipinski definition) is 5. The highest BCUT2D eigenvalue weighted by Crippen LogP contribution is 2.11. The van der Waals surface area contributed by atoms with Crippen molar-refractivity contribution >= 4 is 17.5 Å². The number of aromatic nitrogens is 1. The summed E-state index contributed by atoms with van der Waals surface area (Å²) in [6.07, 6.45) is 1.66. The van der Waals surface area contributed by atoms with Crippen LogP contribution in [0.2, 0.25) is 0 Å². The molecule has 5 nitrogen and oxygen atoms in total. The smallest absolute Gasteiger partial charge is 0.221 e. The molecule has 2 aliphatic heterocycles. The minimum atomic E-state index is 0.0135. The summed E-state index contributed by atoms with van der Waals surface area (Å²) in [6, 6.07) is 5.46. The molecule has 0 saturated heterocycles. The van der Waals surface area contributed by atoms with Gasteiger partial charge in [0.05, 0.1) is 18.8 Å². The van der Waals surface area contributed by atoms with Crippen LogP contribution < -0.4 is 0 Å². The maximum absolute atomic E-state index is 11.9. The molecule has 3 rings (SSSR count). The highest BCUT2D eigenvalue weighted by Gasteiger charge is 2.29. The summed E-state index contributed by atoms with van der Waals surface area (Å²) in [4.78, 5) is 26.4. The van der Waals surface area contributed by atoms with Crippen LogP contribution in [0.25, 0.3) is 0 Å². The van der Waals surface area contributed by atoms with Gasteiger partial charge in [-0.15, -0.1) is 0 Å². The lowest BCUT2D eigenvalue weighted by molar-refractivity contribution is -0.113. The summed E-state index contributed by atoms with van der Waals surface area (Å²) in [6.45, 7) is 1.88. The highest BCUT2D eigenvalue weighted by molar-refractivity contribution is 6.49.